The first-order valence-electron chi connectivity index (χ1n) is 8.60. The molecule has 0 N–H and O–H groups in total. The van der Waals surface area contributed by atoms with Crippen LogP contribution in [0, 0.1) is 11.3 Å². The third-order valence-corrected chi connectivity index (χ3v) is 4.66. The number of fused-ring (bicyclic) bond motifs is 1. The molecule has 1 aliphatic heterocycles. The van der Waals surface area contributed by atoms with Crippen molar-refractivity contribution in [2.45, 2.75) is 0 Å². The molecule has 0 radical (unpaired) electrons. The molecular formula is C20H19N5O. The number of hydrogen-bond acceptors (Lipinski definition) is 6. The molecule has 2 heterocycles. The normalized spacial score (nSPS) is 14.3. The molecule has 0 saturated carbocycles. The average molecular weight is 345 g/mol. The molecule has 1 saturated heterocycles. The van der Waals surface area contributed by atoms with Crippen LogP contribution in [0.1, 0.15) is 5.69 Å². The summed E-state index contributed by atoms with van der Waals surface area (Å²) in [4.78, 5) is 13.6. The number of rotatable bonds is 3. The van der Waals surface area contributed by atoms with Crippen molar-refractivity contribution < 1.29 is 4.74 Å². The fourth-order valence-electron chi connectivity index (χ4n) is 3.34. The van der Waals surface area contributed by atoms with Gasteiger partial charge >= 0.3 is 0 Å². The zero-order valence-electron chi connectivity index (χ0n) is 14.6. The molecule has 3 aromatic rings. The predicted octanol–water partition coefficient (Wildman–Crippen LogP) is 2.84. The van der Waals surface area contributed by atoms with Crippen molar-refractivity contribution in [3.05, 3.63) is 54.2 Å². The van der Waals surface area contributed by atoms with Gasteiger partial charge in [-0.25, -0.2) is 9.97 Å². The number of aromatic nitrogens is 2. The molecule has 1 aromatic heterocycles. The minimum Gasteiger partial charge on any atom is -0.495 e. The number of piperazine rings is 1. The van der Waals surface area contributed by atoms with E-state index in [1.807, 2.05) is 42.5 Å². The number of nitrogens with zero attached hydrogens (tertiary/aromatic N) is 5. The van der Waals surface area contributed by atoms with Gasteiger partial charge in [0.1, 0.15) is 11.8 Å². The van der Waals surface area contributed by atoms with Gasteiger partial charge in [-0.3, -0.25) is 0 Å². The van der Waals surface area contributed by atoms with Gasteiger partial charge in [0, 0.05) is 26.2 Å². The van der Waals surface area contributed by atoms with Gasteiger partial charge in [0.05, 0.1) is 23.8 Å². The predicted molar refractivity (Wildman–Crippen MR) is 102 cm³/mol. The Morgan fingerprint density at radius 3 is 2.19 bits per heavy atom. The molecule has 0 amide bonds. The zero-order chi connectivity index (χ0) is 17.9. The topological polar surface area (TPSA) is 65.3 Å². The fourth-order valence-corrected chi connectivity index (χ4v) is 3.34. The van der Waals surface area contributed by atoms with Crippen molar-refractivity contribution >= 4 is 22.5 Å². The number of benzene rings is 2. The van der Waals surface area contributed by atoms with Crippen LogP contribution in [0.5, 0.6) is 5.75 Å². The van der Waals surface area contributed by atoms with Crippen molar-refractivity contribution in [2.24, 2.45) is 0 Å². The molecule has 26 heavy (non-hydrogen) atoms. The quantitative estimate of drug-likeness (QED) is 0.727. The van der Waals surface area contributed by atoms with Crippen LogP contribution in [-0.4, -0.2) is 43.3 Å². The first-order chi connectivity index (χ1) is 12.8. The first kappa shape index (κ1) is 16.2. The standard InChI is InChI=1S/C20H19N5O/c1-26-19-9-5-4-8-18(19)24-10-12-25(13-11-24)20-17(14-21)22-15-6-2-3-7-16(15)23-20/h2-9H,10-13H2,1H3. The highest BCUT2D eigenvalue weighted by atomic mass is 16.5. The lowest BCUT2D eigenvalue weighted by Crippen LogP contribution is -2.47. The molecule has 4 rings (SSSR count). The van der Waals surface area contributed by atoms with Gasteiger partial charge in [0.15, 0.2) is 11.5 Å². The zero-order valence-corrected chi connectivity index (χ0v) is 14.6. The Balaban J connectivity index is 1.58. The smallest absolute Gasteiger partial charge is 0.183 e. The second-order valence-electron chi connectivity index (χ2n) is 6.14. The van der Waals surface area contributed by atoms with E-state index < -0.39 is 0 Å². The molecule has 6 nitrogen and oxygen atoms in total. The second kappa shape index (κ2) is 6.89. The molecule has 1 fully saturated rings. The molecule has 1 aliphatic rings. The Morgan fingerprint density at radius 2 is 1.50 bits per heavy atom. The fraction of sp³-hybridized carbons (Fsp3) is 0.250. The highest BCUT2D eigenvalue weighted by Gasteiger charge is 2.23. The Labute approximate surface area is 152 Å². The molecule has 0 bridgehead atoms. The molecule has 0 unspecified atom stereocenters. The maximum absolute atomic E-state index is 9.50. The lowest BCUT2D eigenvalue weighted by atomic mass is 10.2. The highest BCUT2D eigenvalue weighted by Crippen LogP contribution is 2.29. The van der Waals surface area contributed by atoms with Gasteiger partial charge in [0.25, 0.3) is 0 Å². The summed E-state index contributed by atoms with van der Waals surface area (Å²) < 4.78 is 5.47. The van der Waals surface area contributed by atoms with Gasteiger partial charge in [-0.2, -0.15) is 5.26 Å². The molecule has 2 aromatic carbocycles. The average Bonchev–Trinajstić information content (AvgIpc) is 2.73. The minimum atomic E-state index is 0.384. The van der Waals surface area contributed by atoms with Crippen LogP contribution >= 0.6 is 0 Å². The van der Waals surface area contributed by atoms with E-state index in [9.17, 15) is 5.26 Å². The van der Waals surface area contributed by atoms with Crippen LogP contribution in [0.15, 0.2) is 48.5 Å². The Morgan fingerprint density at radius 1 is 0.885 bits per heavy atom. The van der Waals surface area contributed by atoms with Gasteiger partial charge in [-0.15, -0.1) is 0 Å². The lowest BCUT2D eigenvalue weighted by molar-refractivity contribution is 0.413. The summed E-state index contributed by atoms with van der Waals surface area (Å²) >= 11 is 0. The highest BCUT2D eigenvalue weighted by molar-refractivity contribution is 5.77. The van der Waals surface area contributed by atoms with Crippen LogP contribution in [0.3, 0.4) is 0 Å². The summed E-state index contributed by atoms with van der Waals surface area (Å²) in [5, 5.41) is 9.50. The van der Waals surface area contributed by atoms with E-state index in [0.717, 1.165) is 48.6 Å². The SMILES string of the molecule is COc1ccccc1N1CCN(c2nc3ccccc3nc2C#N)CC1. The largest absolute Gasteiger partial charge is 0.495 e. The molecule has 0 spiro atoms. The third kappa shape index (κ3) is 2.88. The number of anilines is 2. The van der Waals surface area contributed by atoms with Crippen molar-refractivity contribution in [3.63, 3.8) is 0 Å². The molecule has 6 heteroatoms. The third-order valence-electron chi connectivity index (χ3n) is 4.66. The molecule has 130 valence electrons. The van der Waals surface area contributed by atoms with E-state index in [-0.39, 0.29) is 0 Å². The van der Waals surface area contributed by atoms with E-state index in [2.05, 4.69) is 26.9 Å². The number of hydrogen-bond donors (Lipinski definition) is 0. The maximum Gasteiger partial charge on any atom is 0.183 e. The summed E-state index contributed by atoms with van der Waals surface area (Å²) in [5.41, 5.74) is 3.04. The van der Waals surface area contributed by atoms with E-state index in [1.165, 1.54) is 0 Å². The summed E-state index contributed by atoms with van der Waals surface area (Å²) in [7, 11) is 1.69. The second-order valence-corrected chi connectivity index (χ2v) is 6.14. The minimum absolute atomic E-state index is 0.384. The van der Waals surface area contributed by atoms with Crippen molar-refractivity contribution in [3.8, 4) is 11.8 Å². The van der Waals surface area contributed by atoms with Crippen LogP contribution in [0.4, 0.5) is 11.5 Å². The van der Waals surface area contributed by atoms with Crippen LogP contribution in [-0.2, 0) is 0 Å². The van der Waals surface area contributed by atoms with E-state index in [0.29, 0.717) is 11.5 Å². The van der Waals surface area contributed by atoms with Crippen LogP contribution in [0.25, 0.3) is 11.0 Å². The number of ether oxygens (including phenoxy) is 1. The van der Waals surface area contributed by atoms with E-state index in [1.54, 1.807) is 7.11 Å². The molecule has 0 aliphatic carbocycles. The van der Waals surface area contributed by atoms with Gasteiger partial charge < -0.3 is 14.5 Å². The molecular weight excluding hydrogens is 326 g/mol. The summed E-state index contributed by atoms with van der Waals surface area (Å²) in [6.45, 7) is 3.22. The summed E-state index contributed by atoms with van der Waals surface area (Å²) in [5.74, 6) is 1.55. The van der Waals surface area contributed by atoms with Crippen LogP contribution < -0.4 is 14.5 Å². The van der Waals surface area contributed by atoms with Gasteiger partial charge in [-0.05, 0) is 24.3 Å². The number of para-hydroxylation sites is 4. The Kier molecular flexibility index (Phi) is 4.28. The van der Waals surface area contributed by atoms with E-state index >= 15 is 0 Å². The summed E-state index contributed by atoms with van der Waals surface area (Å²) in [6.07, 6.45) is 0. The van der Waals surface area contributed by atoms with Crippen LogP contribution in [0.2, 0.25) is 0 Å². The van der Waals surface area contributed by atoms with Crippen molar-refractivity contribution in [1.82, 2.24) is 9.97 Å². The number of methoxy groups -OCH3 is 1. The monoisotopic (exact) mass is 345 g/mol. The Hall–Kier alpha value is -3.33. The maximum atomic E-state index is 9.50. The first-order valence-corrected chi connectivity index (χ1v) is 8.60. The van der Waals surface area contributed by atoms with Crippen molar-refractivity contribution in [2.75, 3.05) is 43.1 Å². The van der Waals surface area contributed by atoms with Crippen molar-refractivity contribution in [1.29, 1.82) is 5.26 Å². The van der Waals surface area contributed by atoms with Gasteiger partial charge in [-0.1, -0.05) is 24.3 Å². The van der Waals surface area contributed by atoms with E-state index in [4.69, 9.17) is 9.72 Å². The van der Waals surface area contributed by atoms with Gasteiger partial charge in [0.2, 0.25) is 0 Å². The Bertz CT molecular complexity index is 973. The lowest BCUT2D eigenvalue weighted by Gasteiger charge is -2.37. The molecule has 0 atom stereocenters. The number of nitriles is 1. The summed E-state index contributed by atoms with van der Waals surface area (Å²) in [6, 6.07) is 17.9.